The molecule has 0 amide bonds. The van der Waals surface area contributed by atoms with Gasteiger partial charge in [0.25, 0.3) is 0 Å². The fourth-order valence-corrected chi connectivity index (χ4v) is 2.46. The molecular formula is C17H24O4. The lowest BCUT2D eigenvalue weighted by Gasteiger charge is -2.28. The van der Waals surface area contributed by atoms with Crippen molar-refractivity contribution in [1.82, 2.24) is 0 Å². The smallest absolute Gasteiger partial charge is 0.331 e. The monoisotopic (exact) mass is 292 g/mol. The lowest BCUT2D eigenvalue weighted by Crippen LogP contribution is -2.23. The summed E-state index contributed by atoms with van der Waals surface area (Å²) < 4.78 is 9.65. The molecule has 21 heavy (non-hydrogen) atoms. The number of carbonyl (C=O) groups is 2. The minimum Gasteiger partial charge on any atom is -0.466 e. The van der Waals surface area contributed by atoms with Crippen LogP contribution < -0.4 is 0 Å². The molecule has 116 valence electrons. The number of rotatable bonds is 6. The van der Waals surface area contributed by atoms with Gasteiger partial charge in [-0.3, -0.25) is 0 Å². The van der Waals surface area contributed by atoms with Crippen molar-refractivity contribution in [3.05, 3.63) is 36.5 Å². The van der Waals surface area contributed by atoms with E-state index in [-0.39, 0.29) is 0 Å². The molecule has 1 fully saturated rings. The van der Waals surface area contributed by atoms with Gasteiger partial charge in [-0.15, -0.1) is 0 Å². The Hall–Kier alpha value is -1.84. The highest BCUT2D eigenvalue weighted by Gasteiger charge is 2.23. The maximum atomic E-state index is 11.5. The Morgan fingerprint density at radius 2 is 1.81 bits per heavy atom. The van der Waals surface area contributed by atoms with Crippen LogP contribution in [0.4, 0.5) is 0 Å². The molecule has 1 aliphatic rings. The second kappa shape index (κ2) is 9.97. The third-order valence-corrected chi connectivity index (χ3v) is 3.63. The molecule has 0 unspecified atom stereocenters. The van der Waals surface area contributed by atoms with Gasteiger partial charge in [-0.05, 0) is 31.6 Å². The number of methoxy groups -OCH3 is 1. The third-order valence-electron chi connectivity index (χ3n) is 3.63. The second-order valence-corrected chi connectivity index (χ2v) is 5.11. The summed E-state index contributed by atoms with van der Waals surface area (Å²) in [4.78, 5) is 22.4. The molecule has 0 N–H and O–H groups in total. The summed E-state index contributed by atoms with van der Waals surface area (Å²) in [7, 11) is 1.27. The van der Waals surface area contributed by atoms with Crippen LogP contribution in [0.25, 0.3) is 0 Å². The second-order valence-electron chi connectivity index (χ2n) is 5.11. The van der Waals surface area contributed by atoms with Crippen molar-refractivity contribution in [2.45, 2.75) is 32.6 Å². The molecule has 1 aliphatic carbocycles. The largest absolute Gasteiger partial charge is 0.466 e. The molecule has 0 aromatic carbocycles. The number of esters is 2. The highest BCUT2D eigenvalue weighted by molar-refractivity contribution is 5.91. The number of hydrogen-bond donors (Lipinski definition) is 0. The van der Waals surface area contributed by atoms with Crippen LogP contribution >= 0.6 is 0 Å². The van der Waals surface area contributed by atoms with Crippen molar-refractivity contribution in [2.24, 2.45) is 11.8 Å². The normalized spacial score (nSPS) is 23.0. The van der Waals surface area contributed by atoms with Crippen molar-refractivity contribution in [1.29, 1.82) is 0 Å². The number of hydrogen-bond acceptors (Lipinski definition) is 4. The Morgan fingerprint density at radius 3 is 2.52 bits per heavy atom. The van der Waals surface area contributed by atoms with E-state index in [1.54, 1.807) is 0 Å². The summed E-state index contributed by atoms with van der Waals surface area (Å²) in [5.74, 6) is -0.248. The van der Waals surface area contributed by atoms with Crippen LogP contribution in [-0.4, -0.2) is 25.7 Å². The van der Waals surface area contributed by atoms with E-state index in [0.717, 1.165) is 25.0 Å². The standard InChI is InChI=1S/C17H24O4/c1-3-4-5-8-14-9-6-7-10-15(14)13-21-17(19)12-11-16(18)20-2/h3-5,8,11-12,14-15H,6-7,9-10,13H2,1-2H3/b4-3+,8-5+,12-11-/t14-,15+/m1/s1. The topological polar surface area (TPSA) is 52.6 Å². The predicted molar refractivity (Wildman–Crippen MR) is 81.5 cm³/mol. The zero-order chi connectivity index (χ0) is 15.5. The van der Waals surface area contributed by atoms with E-state index in [9.17, 15) is 9.59 Å². The summed E-state index contributed by atoms with van der Waals surface area (Å²) in [6, 6.07) is 0. The summed E-state index contributed by atoms with van der Waals surface area (Å²) in [6.45, 7) is 2.38. The van der Waals surface area contributed by atoms with E-state index in [2.05, 4.69) is 16.9 Å². The molecule has 0 heterocycles. The van der Waals surface area contributed by atoms with Crippen LogP contribution in [0, 0.1) is 11.8 Å². The zero-order valence-electron chi connectivity index (χ0n) is 12.8. The molecule has 4 heteroatoms. The average molecular weight is 292 g/mol. The quantitative estimate of drug-likeness (QED) is 0.428. The van der Waals surface area contributed by atoms with Gasteiger partial charge in [0.2, 0.25) is 0 Å². The Bertz CT molecular complexity index is 421. The molecule has 0 bridgehead atoms. The van der Waals surface area contributed by atoms with Crippen LogP contribution in [0.1, 0.15) is 32.6 Å². The van der Waals surface area contributed by atoms with Gasteiger partial charge in [-0.1, -0.05) is 37.1 Å². The van der Waals surface area contributed by atoms with Gasteiger partial charge in [-0.25, -0.2) is 9.59 Å². The van der Waals surface area contributed by atoms with Crippen LogP contribution in [0.2, 0.25) is 0 Å². The molecule has 0 aromatic rings. The number of carbonyl (C=O) groups excluding carboxylic acids is 2. The predicted octanol–water partition coefficient (Wildman–Crippen LogP) is 3.20. The summed E-state index contributed by atoms with van der Waals surface area (Å²) in [6.07, 6.45) is 15.0. The SMILES string of the molecule is C/C=C/C=C/[C@@H]1CCCC[C@H]1COC(=O)/C=C\C(=O)OC. The minimum absolute atomic E-state index is 0.357. The van der Waals surface area contributed by atoms with Gasteiger partial charge in [0, 0.05) is 12.2 Å². The van der Waals surface area contributed by atoms with E-state index in [4.69, 9.17) is 4.74 Å². The molecular weight excluding hydrogens is 268 g/mol. The molecule has 0 aliphatic heterocycles. The van der Waals surface area contributed by atoms with Crippen molar-refractivity contribution in [2.75, 3.05) is 13.7 Å². The van der Waals surface area contributed by atoms with Crippen molar-refractivity contribution >= 4 is 11.9 Å². The van der Waals surface area contributed by atoms with E-state index in [1.807, 2.05) is 19.1 Å². The molecule has 1 saturated carbocycles. The van der Waals surface area contributed by atoms with E-state index >= 15 is 0 Å². The van der Waals surface area contributed by atoms with Crippen LogP contribution in [0.5, 0.6) is 0 Å². The van der Waals surface area contributed by atoms with Crippen molar-refractivity contribution < 1.29 is 19.1 Å². The maximum absolute atomic E-state index is 11.5. The molecule has 0 aromatic heterocycles. The molecule has 0 saturated heterocycles. The lowest BCUT2D eigenvalue weighted by molar-refractivity contribution is -0.141. The van der Waals surface area contributed by atoms with Gasteiger partial charge >= 0.3 is 11.9 Å². The fraction of sp³-hybridized carbons (Fsp3) is 0.529. The summed E-state index contributed by atoms with van der Waals surface area (Å²) in [5, 5.41) is 0. The first-order chi connectivity index (χ1) is 10.2. The van der Waals surface area contributed by atoms with Crippen molar-refractivity contribution in [3.8, 4) is 0 Å². The first-order valence-corrected chi connectivity index (χ1v) is 7.39. The van der Waals surface area contributed by atoms with Gasteiger partial charge < -0.3 is 9.47 Å². The van der Waals surface area contributed by atoms with Crippen LogP contribution in [-0.2, 0) is 19.1 Å². The lowest BCUT2D eigenvalue weighted by atomic mass is 9.79. The van der Waals surface area contributed by atoms with Gasteiger partial charge in [0.1, 0.15) is 0 Å². The Balaban J connectivity index is 2.45. The fourth-order valence-electron chi connectivity index (χ4n) is 2.46. The highest BCUT2D eigenvalue weighted by atomic mass is 16.5. The van der Waals surface area contributed by atoms with E-state index in [1.165, 1.54) is 20.0 Å². The summed E-state index contributed by atoms with van der Waals surface area (Å²) >= 11 is 0. The number of ether oxygens (including phenoxy) is 2. The van der Waals surface area contributed by atoms with Gasteiger partial charge in [0.15, 0.2) is 0 Å². The first-order valence-electron chi connectivity index (χ1n) is 7.39. The molecule has 2 atom stereocenters. The van der Waals surface area contributed by atoms with E-state index in [0.29, 0.717) is 18.4 Å². The first kappa shape index (κ1) is 17.2. The maximum Gasteiger partial charge on any atom is 0.331 e. The molecule has 0 radical (unpaired) electrons. The van der Waals surface area contributed by atoms with E-state index < -0.39 is 11.9 Å². The molecule has 1 rings (SSSR count). The highest BCUT2D eigenvalue weighted by Crippen LogP contribution is 2.31. The van der Waals surface area contributed by atoms with Gasteiger partial charge in [-0.2, -0.15) is 0 Å². The summed E-state index contributed by atoms with van der Waals surface area (Å²) in [5.41, 5.74) is 0. The average Bonchev–Trinajstić information content (AvgIpc) is 2.51. The Morgan fingerprint density at radius 1 is 1.10 bits per heavy atom. The zero-order valence-corrected chi connectivity index (χ0v) is 12.8. The van der Waals surface area contributed by atoms with Crippen molar-refractivity contribution in [3.63, 3.8) is 0 Å². The number of allylic oxidation sites excluding steroid dienone is 4. The molecule has 0 spiro atoms. The van der Waals surface area contributed by atoms with Crippen LogP contribution in [0.15, 0.2) is 36.5 Å². The third kappa shape index (κ3) is 6.93. The Labute approximate surface area is 126 Å². The minimum atomic E-state index is -0.559. The Kier molecular flexibility index (Phi) is 8.17. The van der Waals surface area contributed by atoms with Crippen LogP contribution in [0.3, 0.4) is 0 Å². The van der Waals surface area contributed by atoms with Gasteiger partial charge in [0.05, 0.1) is 13.7 Å². The molecule has 4 nitrogen and oxygen atoms in total.